The Labute approximate surface area is 260 Å². The molecule has 4 aliphatic heterocycles. The van der Waals surface area contributed by atoms with Gasteiger partial charge >= 0.3 is 0 Å². The molecule has 234 valence electrons. The first kappa shape index (κ1) is 29.3. The molecule has 44 heavy (non-hydrogen) atoms. The van der Waals surface area contributed by atoms with Crippen LogP contribution < -0.4 is 20.0 Å². The highest BCUT2D eigenvalue weighted by molar-refractivity contribution is 5.94. The van der Waals surface area contributed by atoms with Crippen LogP contribution in [0.4, 0.5) is 17.5 Å². The standard InChI is InChI=1S/C33H46N10O/c1-23-9-10-29-27(19-36-43(29)30-8-4-5-18-44-30)31(23)41-16-12-26-28(22-41)37-33(40(3)21-25-7-6-15-39(25)2)38-32(26)42-17-14-35-24(20-42)11-13-34/h9-10,19,24-25,30,35H,4-8,11-12,14-18,20-22H2,1-3H3/t24-,25-,30?/m0/s1. The van der Waals surface area contributed by atoms with Gasteiger partial charge < -0.3 is 29.7 Å². The Morgan fingerprint density at radius 3 is 2.82 bits per heavy atom. The number of likely N-dealkylation sites (N-methyl/N-ethyl adjacent to an activating group) is 2. The molecule has 4 aliphatic rings. The number of rotatable bonds is 7. The number of likely N-dealkylation sites (tertiary alicyclic amines) is 1. The summed E-state index contributed by atoms with van der Waals surface area (Å²) in [5, 5.41) is 18.9. The Morgan fingerprint density at radius 1 is 1.11 bits per heavy atom. The van der Waals surface area contributed by atoms with Crippen molar-refractivity contribution in [2.45, 2.75) is 76.7 Å². The van der Waals surface area contributed by atoms with Gasteiger partial charge in [0, 0.05) is 69.4 Å². The van der Waals surface area contributed by atoms with Crippen molar-refractivity contribution in [2.24, 2.45) is 0 Å². The SMILES string of the molecule is Cc1ccc2c(cnn2C2CCCCO2)c1N1CCc2c(nc(N(C)C[C@@H]3CCCN3C)nc2N2CCN[C@@H](CC#N)C2)C1. The van der Waals surface area contributed by atoms with Crippen molar-refractivity contribution in [2.75, 3.05) is 74.7 Å². The van der Waals surface area contributed by atoms with Crippen molar-refractivity contribution in [3.8, 4) is 6.07 Å². The van der Waals surface area contributed by atoms with E-state index in [2.05, 4.69) is 68.8 Å². The fraction of sp³-hybridized carbons (Fsp3) is 0.636. The smallest absolute Gasteiger partial charge is 0.227 e. The van der Waals surface area contributed by atoms with Crippen LogP contribution in [0, 0.1) is 18.3 Å². The van der Waals surface area contributed by atoms with Crippen LogP contribution in [0.1, 0.15) is 61.6 Å². The summed E-state index contributed by atoms with van der Waals surface area (Å²) in [6.45, 7) is 9.21. The largest absolute Gasteiger partial charge is 0.364 e. The Balaban J connectivity index is 1.23. The van der Waals surface area contributed by atoms with Crippen LogP contribution in [0.5, 0.6) is 0 Å². The Morgan fingerprint density at radius 2 is 2.02 bits per heavy atom. The molecule has 1 unspecified atom stereocenters. The number of hydrogen-bond donors (Lipinski definition) is 1. The molecule has 6 heterocycles. The van der Waals surface area contributed by atoms with E-state index < -0.39 is 0 Å². The van der Waals surface area contributed by atoms with E-state index in [0.717, 1.165) is 94.7 Å². The molecule has 0 aliphatic carbocycles. The monoisotopic (exact) mass is 598 g/mol. The van der Waals surface area contributed by atoms with Crippen molar-refractivity contribution < 1.29 is 4.74 Å². The van der Waals surface area contributed by atoms with Gasteiger partial charge in [0.2, 0.25) is 5.95 Å². The van der Waals surface area contributed by atoms with Crippen LogP contribution in [0.3, 0.4) is 0 Å². The van der Waals surface area contributed by atoms with Gasteiger partial charge in [0.05, 0.1) is 42.1 Å². The molecule has 2 aromatic heterocycles. The highest BCUT2D eigenvalue weighted by atomic mass is 16.5. The Kier molecular flexibility index (Phi) is 8.31. The summed E-state index contributed by atoms with van der Waals surface area (Å²) in [6.07, 6.45) is 9.18. The van der Waals surface area contributed by atoms with E-state index >= 15 is 0 Å². The zero-order chi connectivity index (χ0) is 30.2. The summed E-state index contributed by atoms with van der Waals surface area (Å²) in [6, 6.07) is 7.45. The van der Waals surface area contributed by atoms with Crippen LogP contribution in [0.25, 0.3) is 10.9 Å². The number of piperazine rings is 1. The van der Waals surface area contributed by atoms with Crippen LogP contribution in [-0.2, 0) is 17.7 Å². The minimum Gasteiger partial charge on any atom is -0.364 e. The molecule has 3 saturated heterocycles. The van der Waals surface area contributed by atoms with Crippen molar-refractivity contribution >= 4 is 28.4 Å². The molecule has 0 amide bonds. The highest BCUT2D eigenvalue weighted by Crippen LogP contribution is 2.38. The summed E-state index contributed by atoms with van der Waals surface area (Å²) in [5.41, 5.74) is 6.00. The number of aryl methyl sites for hydroxylation is 1. The van der Waals surface area contributed by atoms with Gasteiger partial charge in [-0.25, -0.2) is 9.67 Å². The molecule has 7 rings (SSSR count). The summed E-state index contributed by atoms with van der Waals surface area (Å²) >= 11 is 0. The van der Waals surface area contributed by atoms with Crippen molar-refractivity contribution in [1.82, 2.24) is 30.0 Å². The van der Waals surface area contributed by atoms with Gasteiger partial charge in [-0.2, -0.15) is 15.3 Å². The van der Waals surface area contributed by atoms with E-state index in [0.29, 0.717) is 12.5 Å². The maximum Gasteiger partial charge on any atom is 0.227 e. The first-order chi connectivity index (χ1) is 21.5. The zero-order valence-electron chi connectivity index (χ0n) is 26.5. The molecule has 3 fully saturated rings. The predicted octanol–water partition coefficient (Wildman–Crippen LogP) is 3.62. The summed E-state index contributed by atoms with van der Waals surface area (Å²) in [7, 11) is 4.37. The second kappa shape index (κ2) is 12.5. The fourth-order valence-corrected chi connectivity index (χ4v) is 7.67. The number of anilines is 3. The number of nitrogens with one attached hydrogen (secondary N) is 1. The quantitative estimate of drug-likeness (QED) is 0.434. The molecule has 0 bridgehead atoms. The van der Waals surface area contributed by atoms with Crippen LogP contribution in [-0.4, -0.2) is 96.7 Å². The number of ether oxygens (including phenoxy) is 1. The van der Waals surface area contributed by atoms with Crippen molar-refractivity contribution in [1.29, 1.82) is 5.26 Å². The topological polar surface area (TPSA) is 102 Å². The first-order valence-corrected chi connectivity index (χ1v) is 16.5. The lowest BCUT2D eigenvalue weighted by Crippen LogP contribution is -2.51. The van der Waals surface area contributed by atoms with Gasteiger partial charge in [-0.05, 0) is 70.7 Å². The van der Waals surface area contributed by atoms with E-state index in [1.165, 1.54) is 41.5 Å². The second-order valence-electron chi connectivity index (χ2n) is 13.1. The lowest BCUT2D eigenvalue weighted by atomic mass is 10.0. The summed E-state index contributed by atoms with van der Waals surface area (Å²) in [4.78, 5) is 20.1. The van der Waals surface area contributed by atoms with Gasteiger partial charge in [0.25, 0.3) is 0 Å². The average Bonchev–Trinajstić information content (AvgIpc) is 3.66. The van der Waals surface area contributed by atoms with Crippen LogP contribution >= 0.6 is 0 Å². The maximum absolute atomic E-state index is 9.39. The number of nitriles is 1. The van der Waals surface area contributed by atoms with E-state index in [-0.39, 0.29) is 12.3 Å². The zero-order valence-corrected chi connectivity index (χ0v) is 26.5. The van der Waals surface area contributed by atoms with Crippen molar-refractivity contribution in [3.63, 3.8) is 0 Å². The second-order valence-corrected chi connectivity index (χ2v) is 13.1. The van der Waals surface area contributed by atoms with E-state index in [4.69, 9.17) is 19.8 Å². The molecular formula is C33H46N10O. The Bertz CT molecular complexity index is 1520. The minimum absolute atomic E-state index is 0.00934. The van der Waals surface area contributed by atoms with Gasteiger partial charge in [0.15, 0.2) is 6.23 Å². The molecular weight excluding hydrogens is 552 g/mol. The predicted molar refractivity (Wildman–Crippen MR) is 173 cm³/mol. The number of benzene rings is 1. The lowest BCUT2D eigenvalue weighted by molar-refractivity contribution is -0.0366. The number of fused-ring (bicyclic) bond motifs is 2. The molecule has 11 heteroatoms. The molecule has 11 nitrogen and oxygen atoms in total. The van der Waals surface area contributed by atoms with Crippen LogP contribution in [0.2, 0.25) is 0 Å². The third-order valence-electron chi connectivity index (χ3n) is 10.1. The minimum atomic E-state index is 0.00934. The fourth-order valence-electron chi connectivity index (χ4n) is 7.67. The molecule has 3 aromatic rings. The lowest BCUT2D eigenvalue weighted by Gasteiger charge is -2.38. The molecule has 1 N–H and O–H groups in total. The summed E-state index contributed by atoms with van der Waals surface area (Å²) in [5.74, 6) is 1.85. The molecule has 1 aromatic carbocycles. The number of nitrogens with zero attached hydrogens (tertiary/aromatic N) is 9. The van der Waals surface area contributed by atoms with Gasteiger partial charge in [-0.15, -0.1) is 0 Å². The molecule has 0 radical (unpaired) electrons. The van der Waals surface area contributed by atoms with Crippen LogP contribution in [0.15, 0.2) is 18.3 Å². The van der Waals surface area contributed by atoms with E-state index in [9.17, 15) is 5.26 Å². The third-order valence-corrected chi connectivity index (χ3v) is 10.1. The van der Waals surface area contributed by atoms with Gasteiger partial charge in [0.1, 0.15) is 5.82 Å². The van der Waals surface area contributed by atoms with E-state index in [1.807, 2.05) is 6.20 Å². The maximum atomic E-state index is 9.39. The van der Waals surface area contributed by atoms with Crippen molar-refractivity contribution in [3.05, 3.63) is 35.2 Å². The first-order valence-electron chi connectivity index (χ1n) is 16.5. The molecule has 0 spiro atoms. The summed E-state index contributed by atoms with van der Waals surface area (Å²) < 4.78 is 8.20. The Hall–Kier alpha value is -3.46. The number of hydrogen-bond acceptors (Lipinski definition) is 10. The highest BCUT2D eigenvalue weighted by Gasteiger charge is 2.31. The third kappa shape index (κ3) is 5.59. The number of aromatic nitrogens is 4. The molecule has 3 atom stereocenters. The van der Waals surface area contributed by atoms with Gasteiger partial charge in [-0.1, -0.05) is 6.07 Å². The normalized spacial score (nSPS) is 24.5. The van der Waals surface area contributed by atoms with Gasteiger partial charge in [-0.3, -0.25) is 0 Å². The molecule has 0 saturated carbocycles. The van der Waals surface area contributed by atoms with E-state index in [1.54, 1.807) is 0 Å². The average molecular weight is 599 g/mol.